The number of hydrogen-bond donors (Lipinski definition) is 2. The van der Waals surface area contributed by atoms with Gasteiger partial charge in [-0.2, -0.15) is 4.98 Å². The lowest BCUT2D eigenvalue weighted by Gasteiger charge is -2.02. The highest BCUT2D eigenvalue weighted by Crippen LogP contribution is 2.08. The quantitative estimate of drug-likeness (QED) is 0.769. The van der Waals surface area contributed by atoms with E-state index in [1.54, 1.807) is 6.08 Å². The molecule has 0 bridgehead atoms. The van der Waals surface area contributed by atoms with Crippen molar-refractivity contribution in [3.05, 3.63) is 58.1 Å². The summed E-state index contributed by atoms with van der Waals surface area (Å²) in [6.45, 7) is 1.33. The van der Waals surface area contributed by atoms with E-state index in [0.717, 1.165) is 5.56 Å². The molecular formula is C16H13N5O2. The van der Waals surface area contributed by atoms with Gasteiger partial charge in [0.05, 0.1) is 11.9 Å². The maximum absolute atomic E-state index is 12.0. The van der Waals surface area contributed by atoms with Gasteiger partial charge in [0.25, 0.3) is 5.56 Å². The third kappa shape index (κ3) is 3.46. The van der Waals surface area contributed by atoms with Crippen molar-refractivity contribution in [1.29, 1.82) is 0 Å². The lowest BCUT2D eigenvalue weighted by atomic mass is 10.2. The zero-order valence-corrected chi connectivity index (χ0v) is 12.3. The molecule has 23 heavy (non-hydrogen) atoms. The predicted octanol–water partition coefficient (Wildman–Crippen LogP) is 1.84. The van der Waals surface area contributed by atoms with E-state index in [0.29, 0.717) is 5.69 Å². The Kier molecular flexibility index (Phi) is 3.92. The lowest BCUT2D eigenvalue weighted by molar-refractivity contribution is -0.114. The van der Waals surface area contributed by atoms with E-state index in [4.69, 9.17) is 0 Å². The van der Waals surface area contributed by atoms with Gasteiger partial charge in [0.1, 0.15) is 0 Å². The number of H-pyrrole nitrogens is 1. The summed E-state index contributed by atoms with van der Waals surface area (Å²) in [6.07, 6.45) is 5.16. The second kappa shape index (κ2) is 6.18. The summed E-state index contributed by atoms with van der Waals surface area (Å²) in [5.41, 5.74) is 1.40. The molecule has 0 saturated carbocycles. The maximum atomic E-state index is 12.0. The highest BCUT2D eigenvalue weighted by atomic mass is 16.1. The van der Waals surface area contributed by atoms with Gasteiger partial charge in [-0.25, -0.2) is 9.97 Å². The largest absolute Gasteiger partial charge is 0.296 e. The van der Waals surface area contributed by atoms with Gasteiger partial charge in [0.15, 0.2) is 11.2 Å². The lowest BCUT2D eigenvalue weighted by Crippen LogP contribution is -2.17. The van der Waals surface area contributed by atoms with Gasteiger partial charge in [-0.15, -0.1) is 0 Å². The van der Waals surface area contributed by atoms with Crippen LogP contribution in [0.1, 0.15) is 18.2 Å². The SMILES string of the molecule is CC(=O)Nc1nc2ncc(/C=C/c3ccccc3)nc2c(=O)[nH]1. The second-order valence-corrected chi connectivity index (χ2v) is 4.81. The molecule has 0 atom stereocenters. The number of fused-ring (bicyclic) bond motifs is 1. The van der Waals surface area contributed by atoms with Crippen LogP contribution >= 0.6 is 0 Å². The molecule has 2 heterocycles. The molecule has 0 aliphatic carbocycles. The normalized spacial score (nSPS) is 11.0. The molecule has 7 heteroatoms. The van der Waals surface area contributed by atoms with E-state index in [9.17, 15) is 9.59 Å². The fraction of sp³-hybridized carbons (Fsp3) is 0.0625. The molecular weight excluding hydrogens is 294 g/mol. The monoisotopic (exact) mass is 307 g/mol. The van der Waals surface area contributed by atoms with Crippen molar-refractivity contribution in [3.8, 4) is 0 Å². The molecule has 7 nitrogen and oxygen atoms in total. The molecule has 0 aliphatic rings. The van der Waals surface area contributed by atoms with E-state index < -0.39 is 5.56 Å². The third-order valence-corrected chi connectivity index (χ3v) is 2.98. The number of nitrogens with zero attached hydrogens (tertiary/aromatic N) is 3. The van der Waals surface area contributed by atoms with Gasteiger partial charge in [0, 0.05) is 6.92 Å². The first-order valence-corrected chi connectivity index (χ1v) is 6.89. The van der Waals surface area contributed by atoms with Gasteiger partial charge in [-0.05, 0) is 11.6 Å². The van der Waals surface area contributed by atoms with Gasteiger partial charge in [-0.3, -0.25) is 19.9 Å². The van der Waals surface area contributed by atoms with E-state index in [1.165, 1.54) is 13.1 Å². The maximum Gasteiger partial charge on any atom is 0.280 e. The van der Waals surface area contributed by atoms with Crippen molar-refractivity contribution >= 4 is 35.2 Å². The molecule has 3 rings (SSSR count). The first-order valence-electron chi connectivity index (χ1n) is 6.89. The molecule has 0 aliphatic heterocycles. The zero-order chi connectivity index (χ0) is 16.2. The van der Waals surface area contributed by atoms with E-state index in [1.807, 2.05) is 36.4 Å². The van der Waals surface area contributed by atoms with E-state index in [-0.39, 0.29) is 23.0 Å². The number of amides is 1. The molecule has 2 N–H and O–H groups in total. The molecule has 0 unspecified atom stereocenters. The van der Waals surface area contributed by atoms with Crippen molar-refractivity contribution in [2.75, 3.05) is 5.32 Å². The molecule has 0 spiro atoms. The number of rotatable bonds is 3. The van der Waals surface area contributed by atoms with Gasteiger partial charge in [-0.1, -0.05) is 36.4 Å². The summed E-state index contributed by atoms with van der Waals surface area (Å²) < 4.78 is 0. The fourth-order valence-electron chi connectivity index (χ4n) is 1.98. The highest BCUT2D eigenvalue weighted by molar-refractivity contribution is 5.87. The minimum atomic E-state index is -0.457. The number of aromatic nitrogens is 4. The number of nitrogens with one attached hydrogen (secondary N) is 2. The zero-order valence-electron chi connectivity index (χ0n) is 12.3. The summed E-state index contributed by atoms with van der Waals surface area (Å²) >= 11 is 0. The van der Waals surface area contributed by atoms with Crippen LogP contribution in [0.2, 0.25) is 0 Å². The highest BCUT2D eigenvalue weighted by Gasteiger charge is 2.07. The van der Waals surface area contributed by atoms with Crippen LogP contribution in [0.15, 0.2) is 41.3 Å². The number of aromatic amines is 1. The van der Waals surface area contributed by atoms with Crippen molar-refractivity contribution in [2.45, 2.75) is 6.92 Å². The standard InChI is InChI=1S/C16H13N5O2/c1-10(22)18-16-20-14-13(15(23)21-16)19-12(9-17-14)8-7-11-5-3-2-4-6-11/h2-9H,1H3,(H2,17,18,20,21,22,23)/b8-7+. The van der Waals surface area contributed by atoms with Crippen LogP contribution in [-0.4, -0.2) is 25.8 Å². The summed E-state index contributed by atoms with van der Waals surface area (Å²) in [5.74, 6) is -0.278. The molecule has 0 radical (unpaired) electrons. The van der Waals surface area contributed by atoms with Crippen molar-refractivity contribution in [1.82, 2.24) is 19.9 Å². The Labute approximate surface area is 131 Å². The van der Waals surface area contributed by atoms with Gasteiger partial charge < -0.3 is 0 Å². The van der Waals surface area contributed by atoms with Crippen LogP contribution in [0.4, 0.5) is 5.95 Å². The van der Waals surface area contributed by atoms with Crippen molar-refractivity contribution in [2.24, 2.45) is 0 Å². The molecule has 3 aromatic rings. The summed E-state index contributed by atoms with van der Waals surface area (Å²) in [5, 5.41) is 2.41. The van der Waals surface area contributed by atoms with Crippen LogP contribution in [0.5, 0.6) is 0 Å². The van der Waals surface area contributed by atoms with Crippen LogP contribution in [-0.2, 0) is 4.79 Å². The molecule has 114 valence electrons. The average molecular weight is 307 g/mol. The van der Waals surface area contributed by atoms with Crippen LogP contribution in [0, 0.1) is 0 Å². The minimum Gasteiger partial charge on any atom is -0.296 e. The molecule has 0 fully saturated rings. The number of carbonyl (C=O) groups is 1. The van der Waals surface area contributed by atoms with Crippen molar-refractivity contribution in [3.63, 3.8) is 0 Å². The van der Waals surface area contributed by atoms with Gasteiger partial charge in [0.2, 0.25) is 11.9 Å². The first kappa shape index (κ1) is 14.6. The molecule has 1 amide bonds. The average Bonchev–Trinajstić information content (AvgIpc) is 2.53. The van der Waals surface area contributed by atoms with Crippen LogP contribution in [0.25, 0.3) is 23.3 Å². The molecule has 1 aromatic carbocycles. The van der Waals surface area contributed by atoms with Crippen LogP contribution < -0.4 is 10.9 Å². The second-order valence-electron chi connectivity index (χ2n) is 4.81. The summed E-state index contributed by atoms with van der Waals surface area (Å²) in [4.78, 5) is 37.9. The van der Waals surface area contributed by atoms with E-state index in [2.05, 4.69) is 25.3 Å². The number of benzene rings is 1. The Hall–Kier alpha value is -3.35. The van der Waals surface area contributed by atoms with Crippen molar-refractivity contribution < 1.29 is 4.79 Å². The topological polar surface area (TPSA) is 101 Å². The molecule has 0 saturated heterocycles. The Balaban J connectivity index is 1.96. The Bertz CT molecular complexity index is 948. The number of carbonyl (C=O) groups excluding carboxylic acids is 1. The Morgan fingerprint density at radius 1 is 1.17 bits per heavy atom. The number of anilines is 1. The predicted molar refractivity (Wildman–Crippen MR) is 87.6 cm³/mol. The summed E-state index contributed by atoms with van der Waals surface area (Å²) in [7, 11) is 0. The Morgan fingerprint density at radius 3 is 2.70 bits per heavy atom. The third-order valence-electron chi connectivity index (χ3n) is 2.98. The van der Waals surface area contributed by atoms with E-state index >= 15 is 0 Å². The smallest absolute Gasteiger partial charge is 0.280 e. The minimum absolute atomic E-state index is 0.0527. The molecule has 2 aromatic heterocycles. The first-order chi connectivity index (χ1) is 11.1. The Morgan fingerprint density at radius 2 is 1.96 bits per heavy atom. The fourth-order valence-corrected chi connectivity index (χ4v) is 1.98. The van der Waals surface area contributed by atoms with Gasteiger partial charge >= 0.3 is 0 Å². The van der Waals surface area contributed by atoms with Crippen LogP contribution in [0.3, 0.4) is 0 Å². The number of hydrogen-bond acceptors (Lipinski definition) is 5. The summed E-state index contributed by atoms with van der Waals surface area (Å²) in [6, 6.07) is 9.72.